The highest BCUT2D eigenvalue weighted by molar-refractivity contribution is 7.89. The Balaban J connectivity index is 3.10. The first-order valence-electron chi connectivity index (χ1n) is 6.57. The first-order valence-corrected chi connectivity index (χ1v) is 8.05. The molecule has 0 radical (unpaired) electrons. The van der Waals surface area contributed by atoms with Crippen LogP contribution in [0.25, 0.3) is 0 Å². The Hall–Kier alpha value is -1.40. The van der Waals surface area contributed by atoms with Crippen LogP contribution in [-0.2, 0) is 14.8 Å². The number of hydrogen-bond acceptors (Lipinski definition) is 3. The van der Waals surface area contributed by atoms with E-state index in [9.17, 15) is 13.2 Å². The van der Waals surface area contributed by atoms with Crippen molar-refractivity contribution in [2.45, 2.75) is 45.6 Å². The molecule has 1 aromatic rings. The zero-order valence-electron chi connectivity index (χ0n) is 12.6. The standard InChI is InChI=1S/C14H22N2O3S/c1-6-15-14(17)12(5)16-20(18,19)13-10(3)7-9(2)8-11(13)4/h7-8,12,16H,6H2,1-5H3,(H,15,17). The maximum Gasteiger partial charge on any atom is 0.241 e. The minimum absolute atomic E-state index is 0.249. The number of carbonyl (C=O) groups is 1. The lowest BCUT2D eigenvalue weighted by molar-refractivity contribution is -0.122. The molecule has 20 heavy (non-hydrogen) atoms. The van der Waals surface area contributed by atoms with E-state index >= 15 is 0 Å². The maximum atomic E-state index is 12.4. The summed E-state index contributed by atoms with van der Waals surface area (Å²) < 4.78 is 27.2. The van der Waals surface area contributed by atoms with E-state index in [0.29, 0.717) is 17.7 Å². The average molecular weight is 298 g/mol. The Morgan fingerprint density at radius 2 is 1.70 bits per heavy atom. The number of amides is 1. The van der Waals surface area contributed by atoms with Crippen LogP contribution in [0.4, 0.5) is 0 Å². The quantitative estimate of drug-likeness (QED) is 0.863. The zero-order valence-corrected chi connectivity index (χ0v) is 13.4. The molecule has 112 valence electrons. The monoisotopic (exact) mass is 298 g/mol. The van der Waals surface area contributed by atoms with E-state index in [1.807, 2.05) is 19.1 Å². The number of benzene rings is 1. The molecule has 0 fully saturated rings. The van der Waals surface area contributed by atoms with Crippen molar-refractivity contribution in [3.05, 3.63) is 28.8 Å². The molecule has 1 amide bonds. The molecule has 0 aliphatic heterocycles. The fraction of sp³-hybridized carbons (Fsp3) is 0.500. The van der Waals surface area contributed by atoms with Crippen LogP contribution in [0.15, 0.2) is 17.0 Å². The van der Waals surface area contributed by atoms with Gasteiger partial charge in [0.05, 0.1) is 10.9 Å². The molecule has 6 heteroatoms. The van der Waals surface area contributed by atoms with Crippen molar-refractivity contribution in [3.63, 3.8) is 0 Å². The van der Waals surface area contributed by atoms with Crippen LogP contribution in [-0.4, -0.2) is 26.9 Å². The van der Waals surface area contributed by atoms with Gasteiger partial charge in [-0.1, -0.05) is 17.7 Å². The Labute approximate surface area is 120 Å². The minimum Gasteiger partial charge on any atom is -0.355 e. The number of hydrogen-bond donors (Lipinski definition) is 2. The van der Waals surface area contributed by atoms with Crippen molar-refractivity contribution in [2.75, 3.05) is 6.54 Å². The van der Waals surface area contributed by atoms with E-state index in [1.165, 1.54) is 6.92 Å². The first kappa shape index (κ1) is 16.7. The van der Waals surface area contributed by atoms with Gasteiger partial charge in [0.25, 0.3) is 0 Å². The molecule has 5 nitrogen and oxygen atoms in total. The summed E-state index contributed by atoms with van der Waals surface area (Å²) >= 11 is 0. The highest BCUT2D eigenvalue weighted by Gasteiger charge is 2.24. The number of aryl methyl sites for hydroxylation is 3. The third-order valence-corrected chi connectivity index (χ3v) is 4.79. The summed E-state index contributed by atoms with van der Waals surface area (Å²) in [5.41, 5.74) is 2.37. The number of nitrogens with one attached hydrogen (secondary N) is 2. The highest BCUT2D eigenvalue weighted by Crippen LogP contribution is 2.21. The molecule has 0 heterocycles. The van der Waals surface area contributed by atoms with Crippen LogP contribution in [0.2, 0.25) is 0 Å². The summed E-state index contributed by atoms with van der Waals surface area (Å²) in [7, 11) is -3.71. The fourth-order valence-electron chi connectivity index (χ4n) is 2.26. The fourth-order valence-corrected chi connectivity index (χ4v) is 3.92. The SMILES string of the molecule is CCNC(=O)C(C)NS(=O)(=O)c1c(C)cc(C)cc1C. The van der Waals surface area contributed by atoms with Crippen molar-refractivity contribution >= 4 is 15.9 Å². The molecule has 0 aliphatic rings. The smallest absolute Gasteiger partial charge is 0.241 e. The van der Waals surface area contributed by atoms with Gasteiger partial charge in [0.15, 0.2) is 0 Å². The first-order chi connectivity index (χ1) is 9.19. The van der Waals surface area contributed by atoms with Crippen LogP contribution in [0.3, 0.4) is 0 Å². The summed E-state index contributed by atoms with van der Waals surface area (Å²) in [5.74, 6) is -0.335. The second kappa shape index (κ2) is 6.37. The molecule has 0 aromatic heterocycles. The van der Waals surface area contributed by atoms with Crippen LogP contribution in [0.1, 0.15) is 30.5 Å². The second-order valence-electron chi connectivity index (χ2n) is 4.97. The summed E-state index contributed by atoms with van der Waals surface area (Å²) in [6.07, 6.45) is 0. The van der Waals surface area contributed by atoms with Crippen molar-refractivity contribution in [3.8, 4) is 0 Å². The zero-order chi connectivity index (χ0) is 15.5. The predicted octanol–water partition coefficient (Wildman–Crippen LogP) is 1.41. The Kier molecular flexibility index (Phi) is 5.30. The third-order valence-electron chi connectivity index (χ3n) is 2.95. The van der Waals surface area contributed by atoms with E-state index in [2.05, 4.69) is 10.0 Å². The second-order valence-corrected chi connectivity index (χ2v) is 6.62. The van der Waals surface area contributed by atoms with Gasteiger partial charge >= 0.3 is 0 Å². The molecule has 0 saturated carbocycles. The van der Waals surface area contributed by atoms with E-state index in [4.69, 9.17) is 0 Å². The van der Waals surface area contributed by atoms with Crippen LogP contribution < -0.4 is 10.0 Å². The van der Waals surface area contributed by atoms with E-state index < -0.39 is 16.1 Å². The largest absolute Gasteiger partial charge is 0.355 e. The molecule has 0 spiro atoms. The Morgan fingerprint density at radius 3 is 2.15 bits per heavy atom. The minimum atomic E-state index is -3.71. The lowest BCUT2D eigenvalue weighted by Gasteiger charge is -2.17. The molecule has 1 atom stereocenters. The van der Waals surface area contributed by atoms with Crippen molar-refractivity contribution in [2.24, 2.45) is 0 Å². The topological polar surface area (TPSA) is 75.3 Å². The molecule has 0 aliphatic carbocycles. The van der Waals surface area contributed by atoms with Crippen LogP contribution in [0.5, 0.6) is 0 Å². The Morgan fingerprint density at radius 1 is 1.20 bits per heavy atom. The molecular formula is C14H22N2O3S. The number of likely N-dealkylation sites (N-methyl/N-ethyl adjacent to an activating group) is 1. The van der Waals surface area contributed by atoms with Gasteiger partial charge in [0.1, 0.15) is 0 Å². The van der Waals surface area contributed by atoms with Crippen molar-refractivity contribution in [1.29, 1.82) is 0 Å². The molecular weight excluding hydrogens is 276 g/mol. The van der Waals surface area contributed by atoms with Gasteiger partial charge < -0.3 is 5.32 Å². The van der Waals surface area contributed by atoms with Crippen LogP contribution >= 0.6 is 0 Å². The number of carbonyl (C=O) groups excluding carboxylic acids is 1. The lowest BCUT2D eigenvalue weighted by atomic mass is 10.1. The molecule has 0 bridgehead atoms. The van der Waals surface area contributed by atoms with E-state index in [1.54, 1.807) is 20.8 Å². The Bertz CT molecular complexity index is 586. The summed E-state index contributed by atoms with van der Waals surface area (Å²) in [6.45, 7) is 9.21. The molecule has 1 rings (SSSR count). The molecule has 1 aromatic carbocycles. The summed E-state index contributed by atoms with van der Waals surface area (Å²) in [5, 5.41) is 2.59. The summed E-state index contributed by atoms with van der Waals surface area (Å²) in [4.78, 5) is 11.9. The normalized spacial score (nSPS) is 13.1. The van der Waals surface area contributed by atoms with Gasteiger partial charge in [0, 0.05) is 6.54 Å². The molecule has 0 saturated heterocycles. The average Bonchev–Trinajstić information content (AvgIpc) is 2.26. The number of rotatable bonds is 5. The molecule has 1 unspecified atom stereocenters. The van der Waals surface area contributed by atoms with Crippen LogP contribution in [0, 0.1) is 20.8 Å². The predicted molar refractivity (Wildman–Crippen MR) is 79.1 cm³/mol. The van der Waals surface area contributed by atoms with E-state index in [0.717, 1.165) is 5.56 Å². The van der Waals surface area contributed by atoms with E-state index in [-0.39, 0.29) is 10.8 Å². The van der Waals surface area contributed by atoms with Gasteiger partial charge in [-0.15, -0.1) is 0 Å². The van der Waals surface area contributed by atoms with Gasteiger partial charge in [-0.3, -0.25) is 4.79 Å². The van der Waals surface area contributed by atoms with Crippen molar-refractivity contribution in [1.82, 2.24) is 10.0 Å². The van der Waals surface area contributed by atoms with Gasteiger partial charge in [0.2, 0.25) is 15.9 Å². The molecule has 2 N–H and O–H groups in total. The highest BCUT2D eigenvalue weighted by atomic mass is 32.2. The lowest BCUT2D eigenvalue weighted by Crippen LogP contribution is -2.44. The van der Waals surface area contributed by atoms with Gasteiger partial charge in [-0.05, 0) is 45.7 Å². The third kappa shape index (κ3) is 3.80. The van der Waals surface area contributed by atoms with Gasteiger partial charge in [-0.25, -0.2) is 8.42 Å². The van der Waals surface area contributed by atoms with Gasteiger partial charge in [-0.2, -0.15) is 4.72 Å². The summed E-state index contributed by atoms with van der Waals surface area (Å²) in [6, 6.07) is 2.83. The van der Waals surface area contributed by atoms with Crippen molar-refractivity contribution < 1.29 is 13.2 Å². The number of sulfonamides is 1. The maximum absolute atomic E-state index is 12.4.